The quantitative estimate of drug-likeness (QED) is 0.308. The number of ether oxygens (including phenoxy) is 1. The van der Waals surface area contributed by atoms with Crippen LogP contribution in [-0.4, -0.2) is 48.1 Å². The van der Waals surface area contributed by atoms with Crippen LogP contribution >= 0.6 is 6.57 Å². The molecule has 0 bridgehead atoms. The summed E-state index contributed by atoms with van der Waals surface area (Å²) in [5.74, 6) is -0.0301. The first-order valence-corrected chi connectivity index (χ1v) is 13.4. The highest BCUT2D eigenvalue weighted by atomic mass is 32.5. The van der Waals surface area contributed by atoms with Gasteiger partial charge in [0.05, 0.1) is 12.7 Å². The molecule has 2 unspecified atom stereocenters. The second kappa shape index (κ2) is 12.8. The van der Waals surface area contributed by atoms with E-state index in [2.05, 4.69) is 13.8 Å². The Morgan fingerprint density at radius 1 is 1.07 bits per heavy atom. The number of carbonyl (C=O) groups excluding carboxylic acids is 2. The van der Waals surface area contributed by atoms with Gasteiger partial charge in [-0.1, -0.05) is 52.4 Å². The summed E-state index contributed by atoms with van der Waals surface area (Å²) in [6.07, 6.45) is 9.09. The van der Waals surface area contributed by atoms with Crippen molar-refractivity contribution in [2.24, 2.45) is 5.92 Å². The van der Waals surface area contributed by atoms with E-state index in [1.807, 2.05) is 6.92 Å². The molecule has 0 saturated heterocycles. The zero-order chi connectivity index (χ0) is 21.2. The number of rotatable bonds is 11. The third-order valence-corrected chi connectivity index (χ3v) is 9.52. The van der Waals surface area contributed by atoms with Crippen molar-refractivity contribution in [1.82, 2.24) is 9.34 Å². The van der Waals surface area contributed by atoms with Gasteiger partial charge >= 0.3 is 6.09 Å². The molecule has 0 aromatic carbocycles. The van der Waals surface area contributed by atoms with Crippen molar-refractivity contribution in [2.75, 3.05) is 20.7 Å². The molecule has 1 aliphatic rings. The highest BCUT2D eigenvalue weighted by molar-refractivity contribution is 8.10. The molecule has 0 spiro atoms. The first kappa shape index (κ1) is 25.4. The predicted octanol–water partition coefficient (Wildman–Crippen LogP) is 5.71. The van der Waals surface area contributed by atoms with Crippen LogP contribution in [0.2, 0.25) is 0 Å². The Morgan fingerprint density at radius 2 is 1.71 bits per heavy atom. The fraction of sp³-hybridized carbons (Fsp3) is 0.900. The van der Waals surface area contributed by atoms with E-state index < -0.39 is 12.7 Å². The molecule has 1 aliphatic carbocycles. The van der Waals surface area contributed by atoms with E-state index in [9.17, 15) is 9.59 Å². The van der Waals surface area contributed by atoms with Gasteiger partial charge in [-0.05, 0) is 44.4 Å². The van der Waals surface area contributed by atoms with E-state index in [0.717, 1.165) is 57.8 Å². The van der Waals surface area contributed by atoms with Crippen molar-refractivity contribution in [1.29, 1.82) is 0 Å². The minimum atomic E-state index is -3.05. The van der Waals surface area contributed by atoms with Crippen molar-refractivity contribution in [3.8, 4) is 0 Å². The predicted molar refractivity (Wildman–Crippen MR) is 118 cm³/mol. The molecule has 0 heterocycles. The molecule has 0 aliphatic heterocycles. The average Bonchev–Trinajstić information content (AvgIpc) is 2.70. The van der Waals surface area contributed by atoms with E-state index in [4.69, 9.17) is 21.1 Å². The Hall–Kier alpha value is -0.650. The highest BCUT2D eigenvalue weighted by Gasteiger charge is 2.40. The van der Waals surface area contributed by atoms with Crippen molar-refractivity contribution in [2.45, 2.75) is 91.1 Å². The lowest BCUT2D eigenvalue weighted by atomic mass is 9.89. The summed E-state index contributed by atoms with van der Waals surface area (Å²) < 4.78 is 14.5. The van der Waals surface area contributed by atoms with Gasteiger partial charge in [-0.15, -0.1) is 0 Å². The number of hydrogen-bond acceptors (Lipinski definition) is 5. The molecule has 164 valence electrons. The molecule has 0 radical (unpaired) electrons. The third-order valence-electron chi connectivity index (χ3n) is 5.28. The Balaban J connectivity index is 2.94. The normalized spacial score (nSPS) is 18.2. The maximum absolute atomic E-state index is 13.1. The lowest BCUT2D eigenvalue weighted by molar-refractivity contribution is -0.131. The van der Waals surface area contributed by atoms with Crippen molar-refractivity contribution < 1.29 is 18.8 Å². The summed E-state index contributed by atoms with van der Waals surface area (Å²) in [6.45, 7) is 3.44. The summed E-state index contributed by atoms with van der Waals surface area (Å²) in [5, 5.41) is 0. The summed E-state index contributed by atoms with van der Waals surface area (Å²) in [6, 6.07) is 0. The Labute approximate surface area is 176 Å². The van der Waals surface area contributed by atoms with E-state index in [0.29, 0.717) is 6.61 Å². The van der Waals surface area contributed by atoms with Gasteiger partial charge in [-0.2, -0.15) is 0 Å². The number of hydrogen-bond donors (Lipinski definition) is 0. The lowest BCUT2D eigenvalue weighted by Gasteiger charge is -2.40. The fourth-order valence-corrected chi connectivity index (χ4v) is 6.30. The van der Waals surface area contributed by atoms with Crippen LogP contribution in [0.3, 0.4) is 0 Å². The smallest absolute Gasteiger partial charge is 0.416 e. The van der Waals surface area contributed by atoms with Gasteiger partial charge in [0.15, 0.2) is 0 Å². The Morgan fingerprint density at radius 3 is 2.29 bits per heavy atom. The molecule has 0 aromatic heterocycles. The highest BCUT2D eigenvalue weighted by Crippen LogP contribution is 2.55. The van der Waals surface area contributed by atoms with Gasteiger partial charge in [0.1, 0.15) is 0 Å². The van der Waals surface area contributed by atoms with Crippen LogP contribution in [0, 0.1) is 5.92 Å². The van der Waals surface area contributed by atoms with Crippen molar-refractivity contribution >= 4 is 30.4 Å². The van der Waals surface area contributed by atoms with Crippen LogP contribution in [0.15, 0.2) is 0 Å². The van der Waals surface area contributed by atoms with Gasteiger partial charge in [0.25, 0.3) is 6.57 Å². The maximum atomic E-state index is 13.1. The molecule has 1 saturated carbocycles. The Kier molecular flexibility index (Phi) is 11.6. The molecule has 0 N–H and O–H groups in total. The second-order valence-electron chi connectivity index (χ2n) is 7.74. The number of amides is 2. The topological polar surface area (TPSA) is 59.1 Å². The molecule has 1 rings (SSSR count). The molecular weight excluding hydrogens is 395 g/mol. The molecule has 2 amide bonds. The number of nitrogens with zero attached hydrogens (tertiary/aromatic N) is 2. The zero-order valence-corrected chi connectivity index (χ0v) is 20.0. The first-order chi connectivity index (χ1) is 13.3. The first-order valence-electron chi connectivity index (χ1n) is 10.7. The monoisotopic (exact) mass is 434 g/mol. The number of unbranched alkanes of at least 4 members (excludes halogenated alkanes) is 2. The van der Waals surface area contributed by atoms with Crippen molar-refractivity contribution in [3.63, 3.8) is 0 Å². The van der Waals surface area contributed by atoms with Crippen molar-refractivity contribution in [3.05, 3.63) is 0 Å². The van der Waals surface area contributed by atoms with Gasteiger partial charge in [0.2, 0.25) is 5.91 Å². The third kappa shape index (κ3) is 7.31. The van der Waals surface area contributed by atoms with Crippen LogP contribution in [0.1, 0.15) is 85.0 Å². The minimum Gasteiger partial charge on any atom is -0.449 e. The summed E-state index contributed by atoms with van der Waals surface area (Å²) in [4.78, 5) is 25.8. The van der Waals surface area contributed by atoms with Crippen LogP contribution in [-0.2, 0) is 25.9 Å². The van der Waals surface area contributed by atoms with E-state index in [1.165, 1.54) is 15.8 Å². The van der Waals surface area contributed by atoms with Gasteiger partial charge in [-0.3, -0.25) is 9.46 Å². The molecule has 0 aromatic rings. The standard InChI is InChI=1S/C20H39N2O4PS/c1-6-8-12-16-25-20(24)22(5)27(28,26-17(3)13-7-2)21(4)19(23)18-14-10-9-11-15-18/h17-18H,6-16H2,1-5H3. The fourth-order valence-electron chi connectivity index (χ4n) is 3.48. The summed E-state index contributed by atoms with van der Waals surface area (Å²) in [7, 11) is 3.30. The lowest BCUT2D eigenvalue weighted by Crippen LogP contribution is -2.40. The second-order valence-corrected chi connectivity index (χ2v) is 11.6. The zero-order valence-electron chi connectivity index (χ0n) is 18.3. The summed E-state index contributed by atoms with van der Waals surface area (Å²) >= 11 is 5.88. The Bertz CT molecular complexity index is 540. The van der Waals surface area contributed by atoms with Crippen LogP contribution < -0.4 is 0 Å². The largest absolute Gasteiger partial charge is 0.449 e. The number of carbonyl (C=O) groups is 2. The minimum absolute atomic E-state index is 0.00244. The van der Waals surface area contributed by atoms with Crippen LogP contribution in [0.4, 0.5) is 4.79 Å². The van der Waals surface area contributed by atoms with Crippen LogP contribution in [0.25, 0.3) is 0 Å². The molecule has 8 heteroatoms. The molecule has 28 heavy (non-hydrogen) atoms. The summed E-state index contributed by atoms with van der Waals surface area (Å²) in [5.41, 5.74) is 0. The van der Waals surface area contributed by atoms with Gasteiger partial charge < -0.3 is 9.26 Å². The molecule has 2 atom stereocenters. The molecule has 1 fully saturated rings. The van der Waals surface area contributed by atoms with Gasteiger partial charge in [-0.25, -0.2) is 9.46 Å². The molecule has 6 nitrogen and oxygen atoms in total. The average molecular weight is 435 g/mol. The van der Waals surface area contributed by atoms with E-state index in [-0.39, 0.29) is 17.9 Å². The van der Waals surface area contributed by atoms with Gasteiger partial charge in [0, 0.05) is 20.0 Å². The van der Waals surface area contributed by atoms with E-state index in [1.54, 1.807) is 14.1 Å². The maximum Gasteiger partial charge on any atom is 0.416 e. The van der Waals surface area contributed by atoms with E-state index >= 15 is 0 Å². The SMILES string of the molecule is CCCCCOC(=O)N(C)P(=S)(OC(C)CCC)N(C)C(=O)C1CCCCC1. The van der Waals surface area contributed by atoms with Crippen LogP contribution in [0.5, 0.6) is 0 Å². The molecular formula is C20H39N2O4PS.